The Morgan fingerprint density at radius 1 is 1.10 bits per heavy atom. The van der Waals surface area contributed by atoms with E-state index >= 15 is 0 Å². The predicted molar refractivity (Wildman–Crippen MR) is 88.0 cm³/mol. The molecule has 21 heavy (non-hydrogen) atoms. The van der Waals surface area contributed by atoms with Gasteiger partial charge in [0.15, 0.2) is 0 Å². The molecule has 0 aromatic heterocycles. The van der Waals surface area contributed by atoms with Crippen molar-refractivity contribution in [3.05, 3.63) is 56.5 Å². The summed E-state index contributed by atoms with van der Waals surface area (Å²) in [5, 5.41) is 15.1. The molecule has 0 heterocycles. The van der Waals surface area contributed by atoms with Crippen LogP contribution in [0.15, 0.2) is 40.9 Å². The molecule has 2 aromatic rings. The lowest BCUT2D eigenvalue weighted by molar-refractivity contribution is 0.262. The van der Waals surface area contributed by atoms with E-state index in [1.165, 1.54) is 0 Å². The second-order valence-corrected chi connectivity index (χ2v) is 5.83. The first kappa shape index (κ1) is 15.6. The maximum absolute atomic E-state index is 11.9. The molecule has 7 heteroatoms. The Kier molecular flexibility index (Phi) is 5.07. The number of benzene rings is 2. The first-order valence-electron chi connectivity index (χ1n) is 5.71. The summed E-state index contributed by atoms with van der Waals surface area (Å²) in [6.45, 7) is 0. The Labute approximate surface area is 139 Å². The molecule has 0 atom stereocenters. The van der Waals surface area contributed by atoms with E-state index in [-0.39, 0.29) is 0 Å². The molecule has 2 rings (SSSR count). The van der Waals surface area contributed by atoms with Crippen molar-refractivity contribution in [2.45, 2.75) is 0 Å². The SMILES string of the molecule is N#Cc1cc(Br)ccc1NC(=O)Nc1cc(Cl)cc(Cl)c1. The molecule has 106 valence electrons. The molecule has 2 N–H and O–H groups in total. The molecule has 4 nitrogen and oxygen atoms in total. The maximum atomic E-state index is 11.9. The van der Waals surface area contributed by atoms with Crippen LogP contribution in [0.3, 0.4) is 0 Å². The zero-order valence-electron chi connectivity index (χ0n) is 10.5. The van der Waals surface area contributed by atoms with Gasteiger partial charge in [-0.05, 0) is 36.4 Å². The van der Waals surface area contributed by atoms with Crippen molar-refractivity contribution in [1.82, 2.24) is 0 Å². The number of amides is 2. The van der Waals surface area contributed by atoms with E-state index in [0.29, 0.717) is 27.0 Å². The molecule has 0 radical (unpaired) electrons. The summed E-state index contributed by atoms with van der Waals surface area (Å²) in [5.74, 6) is 0. The zero-order chi connectivity index (χ0) is 15.4. The van der Waals surface area contributed by atoms with Crippen LogP contribution in [0.4, 0.5) is 16.2 Å². The number of nitrogens with zero attached hydrogens (tertiary/aromatic N) is 1. The van der Waals surface area contributed by atoms with Gasteiger partial charge in [0.25, 0.3) is 0 Å². The molecular weight excluding hydrogens is 377 g/mol. The van der Waals surface area contributed by atoms with Crippen molar-refractivity contribution in [3.63, 3.8) is 0 Å². The number of hydrogen-bond acceptors (Lipinski definition) is 2. The summed E-state index contributed by atoms with van der Waals surface area (Å²) in [5.41, 5.74) is 1.22. The minimum absolute atomic E-state index is 0.351. The molecule has 0 bridgehead atoms. The highest BCUT2D eigenvalue weighted by Gasteiger charge is 2.08. The molecular formula is C14H8BrCl2N3O. The summed E-state index contributed by atoms with van der Waals surface area (Å²) in [6.07, 6.45) is 0. The minimum atomic E-state index is -0.493. The van der Waals surface area contributed by atoms with Crippen LogP contribution in [0.1, 0.15) is 5.56 Å². The van der Waals surface area contributed by atoms with Crippen molar-refractivity contribution >= 4 is 56.5 Å². The molecule has 0 spiro atoms. The third kappa shape index (κ3) is 4.36. The number of hydrogen-bond donors (Lipinski definition) is 2. The number of rotatable bonds is 2. The molecule has 2 aromatic carbocycles. The van der Waals surface area contributed by atoms with E-state index in [1.807, 2.05) is 6.07 Å². The molecule has 0 aliphatic heterocycles. The van der Waals surface area contributed by atoms with E-state index in [0.717, 1.165) is 4.47 Å². The van der Waals surface area contributed by atoms with Gasteiger partial charge in [-0.15, -0.1) is 0 Å². The quantitative estimate of drug-likeness (QED) is 0.740. The molecule has 0 aliphatic carbocycles. The van der Waals surface area contributed by atoms with E-state index < -0.39 is 6.03 Å². The van der Waals surface area contributed by atoms with Gasteiger partial charge in [0, 0.05) is 20.2 Å². The Bertz CT molecular complexity index is 723. The lowest BCUT2D eigenvalue weighted by Gasteiger charge is -2.09. The highest BCUT2D eigenvalue weighted by Crippen LogP contribution is 2.23. The lowest BCUT2D eigenvalue weighted by atomic mass is 10.2. The summed E-state index contributed by atoms with van der Waals surface area (Å²) in [7, 11) is 0. The van der Waals surface area contributed by atoms with Crippen molar-refractivity contribution in [2.24, 2.45) is 0 Å². The van der Waals surface area contributed by atoms with E-state index in [2.05, 4.69) is 26.6 Å². The first-order valence-corrected chi connectivity index (χ1v) is 7.26. The molecule has 0 unspecified atom stereocenters. The number of nitrogens with one attached hydrogen (secondary N) is 2. The van der Waals surface area contributed by atoms with Crippen LogP contribution in [-0.4, -0.2) is 6.03 Å². The second kappa shape index (κ2) is 6.81. The van der Waals surface area contributed by atoms with Crippen molar-refractivity contribution in [1.29, 1.82) is 5.26 Å². The molecule has 0 saturated heterocycles. The van der Waals surface area contributed by atoms with Gasteiger partial charge in [-0.3, -0.25) is 0 Å². The van der Waals surface area contributed by atoms with Crippen LogP contribution in [0.5, 0.6) is 0 Å². The number of urea groups is 1. The van der Waals surface area contributed by atoms with Gasteiger partial charge >= 0.3 is 6.03 Å². The van der Waals surface area contributed by atoms with Crippen LogP contribution in [0.2, 0.25) is 10.0 Å². The van der Waals surface area contributed by atoms with E-state index in [1.54, 1.807) is 36.4 Å². The van der Waals surface area contributed by atoms with Gasteiger partial charge in [0.2, 0.25) is 0 Å². The minimum Gasteiger partial charge on any atom is -0.308 e. The first-order chi connectivity index (χ1) is 9.97. The smallest absolute Gasteiger partial charge is 0.308 e. The predicted octanol–water partition coefficient (Wildman–Crippen LogP) is 5.27. The fourth-order valence-corrected chi connectivity index (χ4v) is 2.52. The average Bonchev–Trinajstić information content (AvgIpc) is 2.39. The van der Waals surface area contributed by atoms with Crippen molar-refractivity contribution in [2.75, 3.05) is 10.6 Å². The topological polar surface area (TPSA) is 64.9 Å². The van der Waals surface area contributed by atoms with Gasteiger partial charge in [-0.25, -0.2) is 4.79 Å². The lowest BCUT2D eigenvalue weighted by Crippen LogP contribution is -2.20. The maximum Gasteiger partial charge on any atom is 0.323 e. The monoisotopic (exact) mass is 383 g/mol. The highest BCUT2D eigenvalue weighted by atomic mass is 79.9. The van der Waals surface area contributed by atoms with E-state index in [9.17, 15) is 4.79 Å². The van der Waals surface area contributed by atoms with Gasteiger partial charge in [-0.2, -0.15) is 5.26 Å². The van der Waals surface area contributed by atoms with Crippen LogP contribution in [0, 0.1) is 11.3 Å². The molecule has 0 fully saturated rings. The van der Waals surface area contributed by atoms with Crippen LogP contribution in [0.25, 0.3) is 0 Å². The van der Waals surface area contributed by atoms with Gasteiger partial charge < -0.3 is 10.6 Å². The summed E-state index contributed by atoms with van der Waals surface area (Å²) in [6, 6.07) is 11.2. The molecule has 2 amide bonds. The fraction of sp³-hybridized carbons (Fsp3) is 0. The average molecular weight is 385 g/mol. The van der Waals surface area contributed by atoms with Gasteiger partial charge in [0.05, 0.1) is 11.3 Å². The largest absolute Gasteiger partial charge is 0.323 e. The molecule has 0 aliphatic rings. The van der Waals surface area contributed by atoms with Crippen molar-refractivity contribution < 1.29 is 4.79 Å². The summed E-state index contributed by atoms with van der Waals surface area (Å²) < 4.78 is 0.756. The number of carbonyl (C=O) groups excluding carboxylic acids is 1. The van der Waals surface area contributed by atoms with Gasteiger partial charge in [-0.1, -0.05) is 39.1 Å². The third-order valence-electron chi connectivity index (χ3n) is 2.47. The summed E-state index contributed by atoms with van der Waals surface area (Å²) in [4.78, 5) is 11.9. The van der Waals surface area contributed by atoms with Gasteiger partial charge in [0.1, 0.15) is 6.07 Å². The number of carbonyl (C=O) groups is 1. The van der Waals surface area contributed by atoms with Crippen LogP contribution < -0.4 is 10.6 Å². The Hall–Kier alpha value is -1.74. The Morgan fingerprint density at radius 3 is 2.38 bits per heavy atom. The Balaban J connectivity index is 2.14. The zero-order valence-corrected chi connectivity index (χ0v) is 13.6. The van der Waals surface area contributed by atoms with Crippen molar-refractivity contribution in [3.8, 4) is 6.07 Å². The summed E-state index contributed by atoms with van der Waals surface area (Å²) >= 11 is 15.0. The van der Waals surface area contributed by atoms with Crippen LogP contribution in [-0.2, 0) is 0 Å². The normalized spacial score (nSPS) is 9.81. The van der Waals surface area contributed by atoms with E-state index in [4.69, 9.17) is 28.5 Å². The highest BCUT2D eigenvalue weighted by molar-refractivity contribution is 9.10. The second-order valence-electron chi connectivity index (χ2n) is 4.04. The third-order valence-corrected chi connectivity index (χ3v) is 3.40. The number of anilines is 2. The fourth-order valence-electron chi connectivity index (χ4n) is 1.63. The number of halogens is 3. The standard InChI is InChI=1S/C14H8BrCl2N3O/c15-9-1-2-13(8(3-9)7-18)20-14(21)19-12-5-10(16)4-11(17)6-12/h1-6H,(H2,19,20,21). The Morgan fingerprint density at radius 2 is 1.76 bits per heavy atom. The molecule has 0 saturated carbocycles. The van der Waals surface area contributed by atoms with Crippen LogP contribution >= 0.6 is 39.1 Å². The number of nitriles is 1.